The standard InChI is InChI=1S/C22H22F3N5O/c23-22(24,25)19-12-17(16-6-7-16)26-20-13-18(27-30(19)20)21(31)29-10-8-28(9-11-29)14-15-4-2-1-3-5-15/h1-5,12-13,16H,6-11,14H2. The molecular weight excluding hydrogens is 407 g/mol. The minimum Gasteiger partial charge on any atom is -0.335 e. The maximum atomic E-state index is 13.6. The Morgan fingerprint density at radius 1 is 1.03 bits per heavy atom. The van der Waals surface area contributed by atoms with Crippen LogP contribution >= 0.6 is 0 Å². The summed E-state index contributed by atoms with van der Waals surface area (Å²) < 4.78 is 41.5. The van der Waals surface area contributed by atoms with E-state index in [2.05, 4.69) is 27.1 Å². The first-order valence-electron chi connectivity index (χ1n) is 10.4. The molecule has 0 spiro atoms. The Morgan fingerprint density at radius 2 is 1.74 bits per heavy atom. The summed E-state index contributed by atoms with van der Waals surface area (Å²) in [5.74, 6) is -0.288. The maximum absolute atomic E-state index is 13.6. The second-order valence-corrected chi connectivity index (χ2v) is 8.19. The summed E-state index contributed by atoms with van der Waals surface area (Å²) >= 11 is 0. The molecule has 1 aliphatic heterocycles. The number of carbonyl (C=O) groups is 1. The lowest BCUT2D eigenvalue weighted by Crippen LogP contribution is -2.48. The van der Waals surface area contributed by atoms with Crippen LogP contribution in [0.3, 0.4) is 0 Å². The number of hydrogen-bond acceptors (Lipinski definition) is 4. The summed E-state index contributed by atoms with van der Waals surface area (Å²) in [6, 6.07) is 12.5. The number of amides is 1. The van der Waals surface area contributed by atoms with Crippen LogP contribution in [0, 0.1) is 0 Å². The summed E-state index contributed by atoms with van der Waals surface area (Å²) in [5.41, 5.74) is 0.824. The van der Waals surface area contributed by atoms with Crippen LogP contribution < -0.4 is 0 Å². The first-order valence-corrected chi connectivity index (χ1v) is 10.4. The molecule has 1 saturated heterocycles. The molecule has 162 valence electrons. The van der Waals surface area contributed by atoms with E-state index in [4.69, 9.17) is 0 Å². The highest BCUT2D eigenvalue weighted by Gasteiger charge is 2.37. The van der Waals surface area contributed by atoms with Gasteiger partial charge in [0.2, 0.25) is 0 Å². The third-order valence-electron chi connectivity index (χ3n) is 5.86. The highest BCUT2D eigenvalue weighted by molar-refractivity contribution is 5.93. The Bertz CT molecular complexity index is 1100. The molecule has 0 radical (unpaired) electrons. The van der Waals surface area contributed by atoms with Crippen molar-refractivity contribution in [3.05, 3.63) is 65.1 Å². The van der Waals surface area contributed by atoms with E-state index < -0.39 is 11.9 Å². The molecule has 31 heavy (non-hydrogen) atoms. The van der Waals surface area contributed by atoms with Crippen molar-refractivity contribution in [3.8, 4) is 0 Å². The molecule has 9 heteroatoms. The van der Waals surface area contributed by atoms with Gasteiger partial charge in [0.25, 0.3) is 5.91 Å². The molecule has 2 aliphatic rings. The zero-order valence-corrected chi connectivity index (χ0v) is 16.8. The molecule has 3 aromatic rings. The van der Waals surface area contributed by atoms with Crippen molar-refractivity contribution in [1.82, 2.24) is 24.4 Å². The fourth-order valence-corrected chi connectivity index (χ4v) is 4.00. The highest BCUT2D eigenvalue weighted by atomic mass is 19.4. The van der Waals surface area contributed by atoms with Gasteiger partial charge in [0.15, 0.2) is 11.3 Å². The van der Waals surface area contributed by atoms with Crippen LogP contribution in [-0.2, 0) is 12.7 Å². The van der Waals surface area contributed by atoms with Gasteiger partial charge in [-0.05, 0) is 24.5 Å². The lowest BCUT2D eigenvalue weighted by Gasteiger charge is -2.34. The van der Waals surface area contributed by atoms with Crippen LogP contribution in [0.5, 0.6) is 0 Å². The zero-order valence-electron chi connectivity index (χ0n) is 16.8. The molecule has 0 unspecified atom stereocenters. The highest BCUT2D eigenvalue weighted by Crippen LogP contribution is 2.41. The van der Waals surface area contributed by atoms with Gasteiger partial charge in [-0.1, -0.05) is 30.3 Å². The molecule has 1 amide bonds. The molecule has 1 aromatic carbocycles. The fraction of sp³-hybridized carbons (Fsp3) is 0.409. The molecule has 1 saturated carbocycles. The third-order valence-corrected chi connectivity index (χ3v) is 5.86. The number of aromatic nitrogens is 3. The van der Waals surface area contributed by atoms with Gasteiger partial charge in [-0.2, -0.15) is 18.3 Å². The number of carbonyl (C=O) groups excluding carboxylic acids is 1. The van der Waals surface area contributed by atoms with Gasteiger partial charge in [0.1, 0.15) is 5.69 Å². The first kappa shape index (κ1) is 20.0. The van der Waals surface area contributed by atoms with Crippen LogP contribution in [0.25, 0.3) is 5.65 Å². The average Bonchev–Trinajstić information content (AvgIpc) is 3.52. The van der Waals surface area contributed by atoms with Crippen LogP contribution in [0.15, 0.2) is 42.5 Å². The van der Waals surface area contributed by atoms with E-state index in [1.54, 1.807) is 4.90 Å². The number of fused-ring (bicyclic) bond motifs is 1. The zero-order chi connectivity index (χ0) is 21.6. The summed E-state index contributed by atoms with van der Waals surface area (Å²) in [4.78, 5) is 21.2. The van der Waals surface area contributed by atoms with Gasteiger partial charge in [0.05, 0.1) is 0 Å². The van der Waals surface area contributed by atoms with E-state index in [-0.39, 0.29) is 23.2 Å². The number of alkyl halides is 3. The maximum Gasteiger partial charge on any atom is 0.433 e. The first-order chi connectivity index (χ1) is 14.9. The van der Waals surface area contributed by atoms with Gasteiger partial charge >= 0.3 is 6.18 Å². The predicted octanol–water partition coefficient (Wildman–Crippen LogP) is 3.58. The van der Waals surface area contributed by atoms with Crippen LogP contribution in [0.4, 0.5) is 13.2 Å². The average molecular weight is 429 g/mol. The van der Waals surface area contributed by atoms with Gasteiger partial charge in [-0.3, -0.25) is 9.69 Å². The number of piperazine rings is 1. The second kappa shape index (κ2) is 7.64. The molecule has 0 bridgehead atoms. The lowest BCUT2D eigenvalue weighted by atomic mass is 10.2. The number of nitrogens with zero attached hydrogens (tertiary/aromatic N) is 5. The monoisotopic (exact) mass is 429 g/mol. The summed E-state index contributed by atoms with van der Waals surface area (Å²) in [7, 11) is 0. The van der Waals surface area contributed by atoms with Gasteiger partial charge in [-0.25, -0.2) is 9.50 Å². The Kier molecular flexibility index (Phi) is 4.92. The SMILES string of the molecule is O=C(c1cc2nc(C3CC3)cc(C(F)(F)F)n2n1)N1CCN(Cc2ccccc2)CC1. The molecule has 6 nitrogen and oxygen atoms in total. The van der Waals surface area contributed by atoms with E-state index in [0.29, 0.717) is 31.9 Å². The lowest BCUT2D eigenvalue weighted by molar-refractivity contribution is -0.142. The van der Waals surface area contributed by atoms with Crippen molar-refractivity contribution in [3.63, 3.8) is 0 Å². The summed E-state index contributed by atoms with van der Waals surface area (Å²) in [6.07, 6.45) is -2.89. The Labute approximate surface area is 177 Å². The predicted molar refractivity (Wildman–Crippen MR) is 108 cm³/mol. The molecule has 1 aliphatic carbocycles. The third kappa shape index (κ3) is 4.14. The number of benzene rings is 1. The van der Waals surface area contributed by atoms with Crippen molar-refractivity contribution in [2.75, 3.05) is 26.2 Å². The van der Waals surface area contributed by atoms with Gasteiger partial charge < -0.3 is 4.90 Å². The normalized spacial score (nSPS) is 18.0. The molecule has 2 fully saturated rings. The topological polar surface area (TPSA) is 53.7 Å². The van der Waals surface area contributed by atoms with E-state index in [1.165, 1.54) is 11.6 Å². The number of rotatable bonds is 4. The van der Waals surface area contributed by atoms with Gasteiger partial charge in [-0.15, -0.1) is 0 Å². The smallest absolute Gasteiger partial charge is 0.335 e. The quantitative estimate of drug-likeness (QED) is 0.636. The van der Waals surface area contributed by atoms with E-state index in [0.717, 1.165) is 30.0 Å². The van der Waals surface area contributed by atoms with Crippen molar-refractivity contribution in [1.29, 1.82) is 0 Å². The Balaban J connectivity index is 1.33. The summed E-state index contributed by atoms with van der Waals surface area (Å²) in [6.45, 7) is 3.22. The van der Waals surface area contributed by atoms with Crippen LogP contribution in [0.1, 0.15) is 46.2 Å². The van der Waals surface area contributed by atoms with Crippen LogP contribution in [0.2, 0.25) is 0 Å². The molecule has 3 heterocycles. The Morgan fingerprint density at radius 3 is 2.39 bits per heavy atom. The van der Waals surface area contributed by atoms with Gasteiger partial charge in [0, 0.05) is 50.4 Å². The van der Waals surface area contributed by atoms with E-state index in [1.807, 2.05) is 18.2 Å². The van der Waals surface area contributed by atoms with E-state index >= 15 is 0 Å². The van der Waals surface area contributed by atoms with E-state index in [9.17, 15) is 18.0 Å². The van der Waals surface area contributed by atoms with Crippen molar-refractivity contribution >= 4 is 11.6 Å². The number of hydrogen-bond donors (Lipinski definition) is 0. The molecule has 2 aromatic heterocycles. The Hall–Kier alpha value is -2.94. The van der Waals surface area contributed by atoms with Crippen molar-refractivity contribution in [2.45, 2.75) is 31.5 Å². The minimum absolute atomic E-state index is 0.00227. The van der Waals surface area contributed by atoms with Crippen molar-refractivity contribution in [2.24, 2.45) is 0 Å². The molecule has 0 N–H and O–H groups in total. The molecule has 5 rings (SSSR count). The fourth-order valence-electron chi connectivity index (χ4n) is 4.00. The van der Waals surface area contributed by atoms with Crippen molar-refractivity contribution < 1.29 is 18.0 Å². The second-order valence-electron chi connectivity index (χ2n) is 8.19. The van der Waals surface area contributed by atoms with Crippen LogP contribution in [-0.4, -0.2) is 56.5 Å². The molecule has 0 atom stereocenters. The largest absolute Gasteiger partial charge is 0.433 e. The number of halogens is 3. The minimum atomic E-state index is -4.57. The molecular formula is C22H22F3N5O. The summed E-state index contributed by atoms with van der Waals surface area (Å²) in [5, 5.41) is 3.99.